The van der Waals surface area contributed by atoms with E-state index in [1.165, 1.54) is 5.57 Å². The molecule has 0 aliphatic heterocycles. The second kappa shape index (κ2) is 2.62. The van der Waals surface area contributed by atoms with Crippen molar-refractivity contribution in [2.75, 3.05) is 0 Å². The number of rotatable bonds is 1. The van der Waals surface area contributed by atoms with Gasteiger partial charge in [0.2, 0.25) is 0 Å². The van der Waals surface area contributed by atoms with Crippen molar-refractivity contribution >= 4 is 0 Å². The van der Waals surface area contributed by atoms with Gasteiger partial charge in [-0.2, -0.15) is 5.26 Å². The molecule has 1 nitrogen and oxygen atoms in total. The summed E-state index contributed by atoms with van der Waals surface area (Å²) in [6.07, 6.45) is 3.99. The molecule has 1 unspecified atom stereocenters. The van der Waals surface area contributed by atoms with Gasteiger partial charge in [-0.1, -0.05) is 32.4 Å². The highest BCUT2D eigenvalue weighted by Crippen LogP contribution is 2.53. The van der Waals surface area contributed by atoms with Crippen molar-refractivity contribution in [3.8, 4) is 6.07 Å². The molecule has 0 saturated carbocycles. The van der Waals surface area contributed by atoms with Gasteiger partial charge >= 0.3 is 0 Å². The van der Waals surface area contributed by atoms with Gasteiger partial charge in [0.05, 0.1) is 6.07 Å². The van der Waals surface area contributed by atoms with Gasteiger partial charge in [0.15, 0.2) is 0 Å². The zero-order chi connectivity index (χ0) is 9.41. The van der Waals surface area contributed by atoms with Crippen LogP contribution in [0.2, 0.25) is 0 Å². The first-order chi connectivity index (χ1) is 5.44. The smallest absolute Gasteiger partial charge is 0.0627 e. The molecule has 0 N–H and O–H groups in total. The van der Waals surface area contributed by atoms with Crippen molar-refractivity contribution in [3.63, 3.8) is 0 Å². The Kier molecular flexibility index (Phi) is 2.04. The lowest BCUT2D eigenvalue weighted by atomic mass is 9.65. The van der Waals surface area contributed by atoms with Crippen LogP contribution in [0.5, 0.6) is 0 Å². The molecule has 0 amide bonds. The molecule has 0 aromatic carbocycles. The summed E-state index contributed by atoms with van der Waals surface area (Å²) in [5.74, 6) is 0. The van der Waals surface area contributed by atoms with Crippen LogP contribution < -0.4 is 0 Å². The first kappa shape index (κ1) is 9.32. The summed E-state index contributed by atoms with van der Waals surface area (Å²) in [7, 11) is 0. The summed E-state index contributed by atoms with van der Waals surface area (Å²) in [5, 5.41) is 8.74. The molecule has 1 rings (SSSR count). The normalized spacial score (nSPS) is 32.8. The highest BCUT2D eigenvalue weighted by Gasteiger charge is 2.44. The maximum atomic E-state index is 8.74. The van der Waals surface area contributed by atoms with E-state index in [9.17, 15) is 0 Å². The van der Waals surface area contributed by atoms with E-state index < -0.39 is 0 Å². The van der Waals surface area contributed by atoms with E-state index in [1.807, 2.05) is 0 Å². The van der Waals surface area contributed by atoms with E-state index in [2.05, 4.69) is 39.8 Å². The predicted molar refractivity (Wildman–Crippen MR) is 50.5 cm³/mol. The predicted octanol–water partition coefficient (Wildman–Crippen LogP) is 3.28. The molecule has 0 fully saturated rings. The minimum atomic E-state index is 0.159. The average Bonchev–Trinajstić information content (AvgIpc) is 2.16. The molecule has 1 atom stereocenters. The van der Waals surface area contributed by atoms with E-state index in [-0.39, 0.29) is 10.8 Å². The lowest BCUT2D eigenvalue weighted by molar-refractivity contribution is 0.158. The molecule has 12 heavy (non-hydrogen) atoms. The van der Waals surface area contributed by atoms with Crippen LogP contribution in [0.15, 0.2) is 11.6 Å². The number of hydrogen-bond acceptors (Lipinski definition) is 1. The second-order valence-electron chi connectivity index (χ2n) is 4.61. The summed E-state index contributed by atoms with van der Waals surface area (Å²) >= 11 is 0. The van der Waals surface area contributed by atoms with Crippen LogP contribution in [-0.2, 0) is 0 Å². The van der Waals surface area contributed by atoms with Crippen LogP contribution in [-0.4, -0.2) is 0 Å². The molecule has 1 aliphatic rings. The number of nitriles is 1. The summed E-state index contributed by atoms with van der Waals surface area (Å²) in [6.45, 7) is 8.86. The van der Waals surface area contributed by atoms with E-state index in [0.717, 1.165) is 6.42 Å². The Morgan fingerprint density at radius 3 is 2.42 bits per heavy atom. The van der Waals surface area contributed by atoms with Crippen LogP contribution in [0.3, 0.4) is 0 Å². The van der Waals surface area contributed by atoms with Gasteiger partial charge in [-0.3, -0.25) is 0 Å². The molecule has 1 heteroatoms. The van der Waals surface area contributed by atoms with Crippen molar-refractivity contribution in [1.82, 2.24) is 0 Å². The largest absolute Gasteiger partial charge is 0.198 e. The Balaban J connectivity index is 2.94. The maximum absolute atomic E-state index is 8.74. The second-order valence-corrected chi connectivity index (χ2v) is 4.61. The molecule has 0 aromatic heterocycles. The Bertz CT molecular complexity index is 255. The van der Waals surface area contributed by atoms with E-state index >= 15 is 0 Å². The standard InChI is InChI=1S/C11H17N/c1-9-5-6-11(4,7-8-12)10(9,2)3/h5H,6-7H2,1-4H3. The third kappa shape index (κ3) is 1.06. The van der Waals surface area contributed by atoms with Gasteiger partial charge in [-0.15, -0.1) is 0 Å². The zero-order valence-electron chi connectivity index (χ0n) is 8.44. The maximum Gasteiger partial charge on any atom is 0.0627 e. The van der Waals surface area contributed by atoms with Crippen LogP contribution in [0, 0.1) is 22.2 Å². The summed E-state index contributed by atoms with van der Waals surface area (Å²) in [6, 6.07) is 2.29. The molecule has 66 valence electrons. The lowest BCUT2D eigenvalue weighted by Crippen LogP contribution is -2.31. The molecule has 0 saturated heterocycles. The minimum absolute atomic E-state index is 0.159. The first-order valence-corrected chi connectivity index (χ1v) is 4.48. The molecular weight excluding hydrogens is 146 g/mol. The van der Waals surface area contributed by atoms with Crippen molar-refractivity contribution in [2.45, 2.75) is 40.5 Å². The van der Waals surface area contributed by atoms with Gasteiger partial charge in [0, 0.05) is 6.42 Å². The molecule has 0 aromatic rings. The van der Waals surface area contributed by atoms with Gasteiger partial charge < -0.3 is 0 Å². The fraction of sp³-hybridized carbons (Fsp3) is 0.727. The summed E-state index contributed by atoms with van der Waals surface area (Å²) in [5.41, 5.74) is 1.79. The molecule has 0 heterocycles. The molecule has 1 aliphatic carbocycles. The SMILES string of the molecule is CC1=CCC(C)(CC#N)C1(C)C. The van der Waals surface area contributed by atoms with Crippen LogP contribution in [0.25, 0.3) is 0 Å². The van der Waals surface area contributed by atoms with Crippen molar-refractivity contribution in [1.29, 1.82) is 5.26 Å². The first-order valence-electron chi connectivity index (χ1n) is 4.48. The molecule has 0 spiro atoms. The van der Waals surface area contributed by atoms with E-state index in [0.29, 0.717) is 6.42 Å². The minimum Gasteiger partial charge on any atom is -0.198 e. The Labute approximate surface area is 75.1 Å². The van der Waals surface area contributed by atoms with Crippen LogP contribution in [0.1, 0.15) is 40.5 Å². The fourth-order valence-electron chi connectivity index (χ4n) is 1.83. The number of hydrogen-bond donors (Lipinski definition) is 0. The van der Waals surface area contributed by atoms with Crippen molar-refractivity contribution in [3.05, 3.63) is 11.6 Å². The monoisotopic (exact) mass is 163 g/mol. The Morgan fingerprint density at radius 2 is 2.08 bits per heavy atom. The summed E-state index contributed by atoms with van der Waals surface area (Å²) in [4.78, 5) is 0. The van der Waals surface area contributed by atoms with E-state index in [1.54, 1.807) is 0 Å². The third-order valence-electron chi connectivity index (χ3n) is 3.82. The highest BCUT2D eigenvalue weighted by molar-refractivity contribution is 5.23. The molecular formula is C11H17N. The average molecular weight is 163 g/mol. The third-order valence-corrected chi connectivity index (χ3v) is 3.82. The van der Waals surface area contributed by atoms with Crippen LogP contribution in [0.4, 0.5) is 0 Å². The fourth-order valence-corrected chi connectivity index (χ4v) is 1.83. The number of nitrogens with zero attached hydrogens (tertiary/aromatic N) is 1. The zero-order valence-corrected chi connectivity index (χ0v) is 8.44. The van der Waals surface area contributed by atoms with Gasteiger partial charge in [-0.05, 0) is 24.2 Å². The topological polar surface area (TPSA) is 23.8 Å². The van der Waals surface area contributed by atoms with Crippen molar-refractivity contribution in [2.24, 2.45) is 10.8 Å². The quantitative estimate of drug-likeness (QED) is 0.544. The Hall–Kier alpha value is -0.770. The van der Waals surface area contributed by atoms with Crippen LogP contribution >= 0.6 is 0 Å². The highest BCUT2D eigenvalue weighted by atomic mass is 14.5. The van der Waals surface area contributed by atoms with Gasteiger partial charge in [-0.25, -0.2) is 0 Å². The van der Waals surface area contributed by atoms with E-state index in [4.69, 9.17) is 5.26 Å². The van der Waals surface area contributed by atoms with Crippen molar-refractivity contribution < 1.29 is 0 Å². The molecule has 0 bridgehead atoms. The number of allylic oxidation sites excluding steroid dienone is 2. The lowest BCUT2D eigenvalue weighted by Gasteiger charge is -2.38. The van der Waals surface area contributed by atoms with Gasteiger partial charge in [0.1, 0.15) is 0 Å². The molecule has 0 radical (unpaired) electrons. The Morgan fingerprint density at radius 1 is 1.50 bits per heavy atom. The van der Waals surface area contributed by atoms with Gasteiger partial charge in [0.25, 0.3) is 0 Å². The summed E-state index contributed by atoms with van der Waals surface area (Å²) < 4.78 is 0.